The molecule has 1 N–H and O–H groups in total. The first-order valence-electron chi connectivity index (χ1n) is 11.1. The van der Waals surface area contributed by atoms with Crippen LogP contribution in [0.4, 0.5) is 5.69 Å². The number of benzene rings is 2. The smallest absolute Gasteiger partial charge is 0.142 e. The molecule has 4 rings (SSSR count). The summed E-state index contributed by atoms with van der Waals surface area (Å²) in [6.07, 6.45) is 4.16. The summed E-state index contributed by atoms with van der Waals surface area (Å²) in [5.74, 6) is 2.00. The predicted octanol–water partition coefficient (Wildman–Crippen LogP) is 3.90. The van der Waals surface area contributed by atoms with E-state index >= 15 is 0 Å². The molecule has 2 aromatic carbocycles. The van der Waals surface area contributed by atoms with E-state index in [9.17, 15) is 5.11 Å². The van der Waals surface area contributed by atoms with Crippen molar-refractivity contribution in [2.24, 2.45) is 5.92 Å². The molecule has 2 unspecified atom stereocenters. The van der Waals surface area contributed by atoms with Gasteiger partial charge in [0.15, 0.2) is 0 Å². The van der Waals surface area contributed by atoms with Crippen LogP contribution in [0.1, 0.15) is 31.2 Å². The first-order valence-corrected chi connectivity index (χ1v) is 11.1. The number of ether oxygens (including phenoxy) is 2. The average Bonchev–Trinajstić information content (AvgIpc) is 2.81. The van der Waals surface area contributed by atoms with Crippen molar-refractivity contribution < 1.29 is 14.6 Å². The number of aliphatic hydroxyl groups is 1. The maximum Gasteiger partial charge on any atom is 0.142 e. The minimum atomic E-state index is -0.771. The molecule has 5 nitrogen and oxygen atoms in total. The van der Waals surface area contributed by atoms with Crippen LogP contribution >= 0.6 is 0 Å². The Balaban J connectivity index is 1.43. The molecule has 1 saturated heterocycles. The van der Waals surface area contributed by atoms with E-state index in [2.05, 4.69) is 28.0 Å². The van der Waals surface area contributed by atoms with Gasteiger partial charge in [-0.1, -0.05) is 37.1 Å². The monoisotopic (exact) mass is 410 g/mol. The van der Waals surface area contributed by atoms with Gasteiger partial charge in [0.25, 0.3) is 0 Å². The van der Waals surface area contributed by atoms with Crippen molar-refractivity contribution in [3.8, 4) is 11.5 Å². The van der Waals surface area contributed by atoms with Crippen LogP contribution in [-0.2, 0) is 5.60 Å². The van der Waals surface area contributed by atoms with E-state index in [4.69, 9.17) is 9.47 Å². The van der Waals surface area contributed by atoms with Crippen LogP contribution < -0.4 is 14.4 Å². The Labute approximate surface area is 180 Å². The van der Waals surface area contributed by atoms with Gasteiger partial charge < -0.3 is 19.5 Å². The lowest BCUT2D eigenvalue weighted by atomic mass is 9.71. The van der Waals surface area contributed by atoms with Crippen molar-refractivity contribution in [2.75, 3.05) is 51.8 Å². The largest absolute Gasteiger partial charge is 0.497 e. The lowest BCUT2D eigenvalue weighted by Crippen LogP contribution is -2.51. The number of para-hydroxylation sites is 2. The Morgan fingerprint density at radius 2 is 1.77 bits per heavy atom. The third kappa shape index (κ3) is 4.28. The zero-order chi connectivity index (χ0) is 21.0. The number of hydrogen-bond acceptors (Lipinski definition) is 5. The van der Waals surface area contributed by atoms with Crippen molar-refractivity contribution in [2.45, 2.75) is 31.3 Å². The quantitative estimate of drug-likeness (QED) is 0.782. The molecule has 2 aromatic rings. The maximum atomic E-state index is 11.7. The molecule has 2 aliphatic rings. The van der Waals surface area contributed by atoms with E-state index in [-0.39, 0.29) is 5.92 Å². The number of piperazine rings is 1. The van der Waals surface area contributed by atoms with Crippen molar-refractivity contribution in [3.63, 3.8) is 0 Å². The van der Waals surface area contributed by atoms with Crippen LogP contribution in [0.25, 0.3) is 0 Å². The van der Waals surface area contributed by atoms with E-state index in [1.807, 2.05) is 30.3 Å². The lowest BCUT2D eigenvalue weighted by molar-refractivity contribution is -0.0661. The highest BCUT2D eigenvalue weighted by Crippen LogP contribution is 2.43. The van der Waals surface area contributed by atoms with Crippen molar-refractivity contribution in [1.82, 2.24) is 4.90 Å². The third-order valence-electron chi connectivity index (χ3n) is 6.88. The van der Waals surface area contributed by atoms with Gasteiger partial charge >= 0.3 is 0 Å². The summed E-state index contributed by atoms with van der Waals surface area (Å²) in [6, 6.07) is 16.3. The van der Waals surface area contributed by atoms with Gasteiger partial charge in [-0.15, -0.1) is 0 Å². The molecule has 1 aliphatic carbocycles. The second kappa shape index (κ2) is 9.27. The molecule has 1 aliphatic heterocycles. The Kier molecular flexibility index (Phi) is 6.49. The van der Waals surface area contributed by atoms with Crippen LogP contribution in [0, 0.1) is 5.92 Å². The van der Waals surface area contributed by atoms with E-state index in [1.54, 1.807) is 14.2 Å². The highest BCUT2D eigenvalue weighted by atomic mass is 16.5. The Bertz CT molecular complexity index is 835. The summed E-state index contributed by atoms with van der Waals surface area (Å²) in [4.78, 5) is 4.93. The molecule has 1 saturated carbocycles. The number of anilines is 1. The Hall–Kier alpha value is -2.24. The molecule has 0 bridgehead atoms. The fourth-order valence-electron chi connectivity index (χ4n) is 5.12. The van der Waals surface area contributed by atoms with Crippen LogP contribution in [-0.4, -0.2) is 56.9 Å². The van der Waals surface area contributed by atoms with Gasteiger partial charge in [0.2, 0.25) is 0 Å². The zero-order valence-corrected chi connectivity index (χ0v) is 18.2. The van der Waals surface area contributed by atoms with E-state index < -0.39 is 5.60 Å². The van der Waals surface area contributed by atoms with Crippen LogP contribution in [0.5, 0.6) is 11.5 Å². The second-order valence-corrected chi connectivity index (χ2v) is 8.56. The van der Waals surface area contributed by atoms with Crippen LogP contribution in [0.3, 0.4) is 0 Å². The standard InChI is InChI=1S/C25H34N2O3/c1-29-22-10-7-9-20(18-22)25(28)13-6-5-8-21(25)19-26-14-16-27(17-15-26)23-11-3-4-12-24(23)30-2/h3-4,7,9-12,18,21,28H,5-6,8,13-17,19H2,1-2H3. The van der Waals surface area contributed by atoms with Crippen molar-refractivity contribution in [1.29, 1.82) is 0 Å². The fourth-order valence-corrected chi connectivity index (χ4v) is 5.12. The molecule has 0 spiro atoms. The Morgan fingerprint density at radius 1 is 0.967 bits per heavy atom. The molecule has 0 aromatic heterocycles. The number of rotatable bonds is 6. The molecule has 30 heavy (non-hydrogen) atoms. The van der Waals surface area contributed by atoms with E-state index in [0.717, 1.165) is 69.0 Å². The number of methoxy groups -OCH3 is 2. The maximum absolute atomic E-state index is 11.7. The van der Waals surface area contributed by atoms with Crippen molar-refractivity contribution in [3.05, 3.63) is 54.1 Å². The predicted molar refractivity (Wildman–Crippen MR) is 120 cm³/mol. The molecule has 0 amide bonds. The van der Waals surface area contributed by atoms with Crippen LogP contribution in [0.2, 0.25) is 0 Å². The fraction of sp³-hybridized carbons (Fsp3) is 0.520. The molecule has 162 valence electrons. The molecule has 0 radical (unpaired) electrons. The summed E-state index contributed by atoms with van der Waals surface area (Å²) in [7, 11) is 3.42. The molecular weight excluding hydrogens is 376 g/mol. The van der Waals surface area contributed by atoms with Gasteiger partial charge in [-0.2, -0.15) is 0 Å². The Morgan fingerprint density at radius 3 is 2.53 bits per heavy atom. The average molecular weight is 411 g/mol. The molecule has 1 heterocycles. The van der Waals surface area contributed by atoms with Gasteiger partial charge in [-0.25, -0.2) is 0 Å². The SMILES string of the molecule is COc1cccc(C2(O)CCCCC2CN2CCN(c3ccccc3OC)CC2)c1. The topological polar surface area (TPSA) is 45.2 Å². The summed E-state index contributed by atoms with van der Waals surface area (Å²) < 4.78 is 11.0. The van der Waals surface area contributed by atoms with Gasteiger partial charge in [0, 0.05) is 38.6 Å². The highest BCUT2D eigenvalue weighted by Gasteiger charge is 2.41. The van der Waals surface area contributed by atoms with Gasteiger partial charge in [0.05, 0.1) is 25.5 Å². The van der Waals surface area contributed by atoms with E-state index in [0.29, 0.717) is 0 Å². The molecule has 2 atom stereocenters. The molecular formula is C25H34N2O3. The lowest BCUT2D eigenvalue weighted by Gasteiger charge is -2.44. The molecule has 2 fully saturated rings. The number of hydrogen-bond donors (Lipinski definition) is 1. The summed E-state index contributed by atoms with van der Waals surface area (Å²) >= 11 is 0. The van der Waals surface area contributed by atoms with E-state index in [1.165, 1.54) is 12.1 Å². The summed E-state index contributed by atoms with van der Waals surface area (Å²) in [6.45, 7) is 4.90. The van der Waals surface area contributed by atoms with Gasteiger partial charge in [0.1, 0.15) is 11.5 Å². The van der Waals surface area contributed by atoms with Gasteiger partial charge in [-0.05, 0) is 42.7 Å². The second-order valence-electron chi connectivity index (χ2n) is 8.56. The minimum absolute atomic E-state index is 0.246. The number of nitrogens with zero attached hydrogens (tertiary/aromatic N) is 2. The highest BCUT2D eigenvalue weighted by molar-refractivity contribution is 5.58. The summed E-state index contributed by atoms with van der Waals surface area (Å²) in [5.41, 5.74) is 1.40. The minimum Gasteiger partial charge on any atom is -0.497 e. The first kappa shape index (κ1) is 21.0. The molecule has 5 heteroatoms. The first-order chi connectivity index (χ1) is 14.6. The third-order valence-corrected chi connectivity index (χ3v) is 6.88. The summed E-state index contributed by atoms with van der Waals surface area (Å²) in [5, 5.41) is 11.7. The zero-order valence-electron chi connectivity index (χ0n) is 18.2. The van der Waals surface area contributed by atoms with Crippen molar-refractivity contribution >= 4 is 5.69 Å². The van der Waals surface area contributed by atoms with Gasteiger partial charge in [-0.3, -0.25) is 4.90 Å². The normalized spacial score (nSPS) is 25.2. The van der Waals surface area contributed by atoms with Crippen LogP contribution in [0.15, 0.2) is 48.5 Å².